The largest absolute Gasteiger partial charge is 0.478 e. The predicted molar refractivity (Wildman–Crippen MR) is 135 cm³/mol. The van der Waals surface area contributed by atoms with Crippen LogP contribution in [0.5, 0.6) is 5.88 Å². The van der Waals surface area contributed by atoms with Gasteiger partial charge in [-0.1, -0.05) is 12.1 Å². The molecule has 10 nitrogen and oxygen atoms in total. The molecule has 0 saturated carbocycles. The molecule has 5 aromatic rings. The van der Waals surface area contributed by atoms with E-state index in [0.717, 1.165) is 11.3 Å². The fourth-order valence-electron chi connectivity index (χ4n) is 3.62. The number of nitrogens with one attached hydrogen (secondary N) is 2. The summed E-state index contributed by atoms with van der Waals surface area (Å²) in [5, 5.41) is 9.53. The second kappa shape index (κ2) is 10.7. The lowest BCUT2D eigenvalue weighted by Gasteiger charge is -2.14. The highest BCUT2D eigenvalue weighted by atomic mass is 19.4. The Hall–Kier alpha value is -4.81. The molecule has 38 heavy (non-hydrogen) atoms. The summed E-state index contributed by atoms with van der Waals surface area (Å²) in [6.45, 7) is 1.43. The van der Waals surface area contributed by atoms with Crippen molar-refractivity contribution in [3.8, 4) is 22.8 Å². The lowest BCUT2D eigenvalue weighted by atomic mass is 10.2. The Bertz CT molecular complexity index is 1510. The standard InChI is InChI=1S/C25H22F3N9O/c1-2-38-21-10-5-17(12-30-21)19-8-9-20-22(34-19)23(32-13-25(26,27)28)36-24(35-20)31-11-16-3-6-18(7-4-16)37-15-29-14-33-37/h3-10,12,14-15H,2,11,13H2,1H3,(H2,31,32,35,36). The molecule has 0 aliphatic heterocycles. The first-order chi connectivity index (χ1) is 18.4. The lowest BCUT2D eigenvalue weighted by Crippen LogP contribution is -2.22. The number of halogens is 3. The van der Waals surface area contributed by atoms with Gasteiger partial charge in [-0.05, 0) is 42.8 Å². The fourth-order valence-corrected chi connectivity index (χ4v) is 3.62. The van der Waals surface area contributed by atoms with Gasteiger partial charge >= 0.3 is 6.18 Å². The molecule has 0 unspecified atom stereocenters. The number of anilines is 2. The zero-order chi connectivity index (χ0) is 26.5. The van der Waals surface area contributed by atoms with Gasteiger partial charge in [0, 0.05) is 24.4 Å². The third-order valence-corrected chi connectivity index (χ3v) is 5.39. The number of aromatic nitrogens is 7. The van der Waals surface area contributed by atoms with Gasteiger partial charge in [0.15, 0.2) is 5.82 Å². The molecule has 0 aliphatic carbocycles. The second-order valence-electron chi connectivity index (χ2n) is 8.11. The van der Waals surface area contributed by atoms with Crippen LogP contribution in [0.15, 0.2) is 67.4 Å². The molecule has 4 aromatic heterocycles. The van der Waals surface area contributed by atoms with Crippen LogP contribution in [0.2, 0.25) is 0 Å². The molecule has 0 aliphatic rings. The molecule has 0 atom stereocenters. The van der Waals surface area contributed by atoms with Gasteiger partial charge in [0.25, 0.3) is 0 Å². The van der Waals surface area contributed by atoms with Gasteiger partial charge in [-0.3, -0.25) is 0 Å². The number of benzene rings is 1. The first-order valence-electron chi connectivity index (χ1n) is 11.6. The van der Waals surface area contributed by atoms with E-state index in [2.05, 4.69) is 40.7 Å². The van der Waals surface area contributed by atoms with Gasteiger partial charge in [-0.25, -0.2) is 24.6 Å². The molecule has 13 heteroatoms. The molecule has 0 radical (unpaired) electrons. The molecule has 2 N–H and O–H groups in total. The molecule has 4 heterocycles. The summed E-state index contributed by atoms with van der Waals surface area (Å²) in [7, 11) is 0. The molecule has 0 amide bonds. The van der Waals surface area contributed by atoms with Crippen molar-refractivity contribution in [3.63, 3.8) is 0 Å². The number of pyridine rings is 2. The minimum atomic E-state index is -4.44. The lowest BCUT2D eigenvalue weighted by molar-refractivity contribution is -0.115. The Morgan fingerprint density at radius 1 is 0.947 bits per heavy atom. The number of ether oxygens (including phenoxy) is 1. The van der Waals surface area contributed by atoms with Crippen LogP contribution in [-0.2, 0) is 6.54 Å². The fraction of sp³-hybridized carbons (Fsp3) is 0.200. The third-order valence-electron chi connectivity index (χ3n) is 5.39. The molecule has 0 bridgehead atoms. The van der Waals surface area contributed by atoms with Crippen molar-refractivity contribution in [2.24, 2.45) is 0 Å². The molecular weight excluding hydrogens is 499 g/mol. The third kappa shape index (κ3) is 5.94. The average Bonchev–Trinajstić information content (AvgIpc) is 3.46. The Kier molecular flexibility index (Phi) is 6.98. The predicted octanol–water partition coefficient (Wildman–Crippen LogP) is 4.65. The number of fused-ring (bicyclic) bond motifs is 1. The van der Waals surface area contributed by atoms with Crippen LogP contribution in [0.3, 0.4) is 0 Å². The van der Waals surface area contributed by atoms with Gasteiger partial charge in [0.2, 0.25) is 11.8 Å². The van der Waals surface area contributed by atoms with Gasteiger partial charge in [-0.2, -0.15) is 23.3 Å². The molecule has 0 saturated heterocycles. The quantitative estimate of drug-likeness (QED) is 0.286. The van der Waals surface area contributed by atoms with Gasteiger partial charge in [0.1, 0.15) is 24.7 Å². The maximum Gasteiger partial charge on any atom is 0.405 e. The molecular formula is C25H22F3N9O. The minimum Gasteiger partial charge on any atom is -0.478 e. The van der Waals surface area contributed by atoms with E-state index >= 15 is 0 Å². The normalized spacial score (nSPS) is 11.5. The van der Waals surface area contributed by atoms with Crippen molar-refractivity contribution in [1.82, 2.24) is 34.7 Å². The molecule has 194 valence electrons. The topological polar surface area (TPSA) is 116 Å². The number of hydrogen-bond donors (Lipinski definition) is 2. The van der Waals surface area contributed by atoms with Crippen LogP contribution in [-0.4, -0.2) is 54.0 Å². The maximum atomic E-state index is 13.0. The number of alkyl halides is 3. The van der Waals surface area contributed by atoms with Crippen molar-refractivity contribution < 1.29 is 17.9 Å². The zero-order valence-electron chi connectivity index (χ0n) is 20.1. The van der Waals surface area contributed by atoms with E-state index in [1.165, 1.54) is 6.33 Å². The van der Waals surface area contributed by atoms with Crippen molar-refractivity contribution in [1.29, 1.82) is 0 Å². The first-order valence-corrected chi connectivity index (χ1v) is 11.6. The molecule has 5 rings (SSSR count). The van der Waals surface area contributed by atoms with Crippen LogP contribution < -0.4 is 15.4 Å². The van der Waals surface area contributed by atoms with Crippen LogP contribution in [0.4, 0.5) is 24.9 Å². The summed E-state index contributed by atoms with van der Waals surface area (Å²) < 4.78 is 46.0. The second-order valence-corrected chi connectivity index (χ2v) is 8.11. The Labute approximate surface area is 215 Å². The van der Waals surface area contributed by atoms with Gasteiger partial charge in [0.05, 0.1) is 23.5 Å². The number of nitrogens with zero attached hydrogens (tertiary/aromatic N) is 7. The maximum absolute atomic E-state index is 13.0. The van der Waals surface area contributed by atoms with E-state index in [-0.39, 0.29) is 17.3 Å². The molecule has 1 aromatic carbocycles. The minimum absolute atomic E-state index is 0.0305. The van der Waals surface area contributed by atoms with E-state index < -0.39 is 12.7 Å². The number of rotatable bonds is 9. The van der Waals surface area contributed by atoms with Crippen LogP contribution >= 0.6 is 0 Å². The highest BCUT2D eigenvalue weighted by Crippen LogP contribution is 2.27. The van der Waals surface area contributed by atoms with Crippen molar-refractivity contribution >= 4 is 22.8 Å². The zero-order valence-corrected chi connectivity index (χ0v) is 20.1. The van der Waals surface area contributed by atoms with Crippen LogP contribution in [0, 0.1) is 0 Å². The smallest absolute Gasteiger partial charge is 0.405 e. The summed E-state index contributed by atoms with van der Waals surface area (Å²) in [5.74, 6) is 0.605. The highest BCUT2D eigenvalue weighted by molar-refractivity contribution is 5.88. The van der Waals surface area contributed by atoms with E-state index in [1.807, 2.05) is 31.2 Å². The Morgan fingerprint density at radius 3 is 2.47 bits per heavy atom. The van der Waals surface area contributed by atoms with E-state index in [4.69, 9.17) is 4.74 Å². The SMILES string of the molecule is CCOc1ccc(-c2ccc3nc(NCc4ccc(-n5cncn5)cc4)nc(NCC(F)(F)F)c3n2)cn1. The highest BCUT2D eigenvalue weighted by Gasteiger charge is 2.27. The average molecular weight is 522 g/mol. The summed E-state index contributed by atoms with van der Waals surface area (Å²) >= 11 is 0. The van der Waals surface area contributed by atoms with Crippen molar-refractivity contribution in [3.05, 3.63) is 72.9 Å². The first kappa shape index (κ1) is 24.9. The summed E-state index contributed by atoms with van der Waals surface area (Å²) in [6.07, 6.45) is 0.196. The Balaban J connectivity index is 1.40. The van der Waals surface area contributed by atoms with E-state index in [9.17, 15) is 13.2 Å². The summed E-state index contributed by atoms with van der Waals surface area (Å²) in [5.41, 5.74) is 3.54. The number of hydrogen-bond acceptors (Lipinski definition) is 9. The van der Waals surface area contributed by atoms with Crippen LogP contribution in [0.1, 0.15) is 12.5 Å². The van der Waals surface area contributed by atoms with Gasteiger partial charge < -0.3 is 15.4 Å². The molecule has 0 spiro atoms. The monoisotopic (exact) mass is 521 g/mol. The van der Waals surface area contributed by atoms with E-state index in [0.29, 0.717) is 35.8 Å². The van der Waals surface area contributed by atoms with Crippen molar-refractivity contribution in [2.45, 2.75) is 19.6 Å². The summed E-state index contributed by atoms with van der Waals surface area (Å²) in [4.78, 5) is 21.5. The van der Waals surface area contributed by atoms with Gasteiger partial charge in [-0.15, -0.1) is 0 Å². The van der Waals surface area contributed by atoms with Crippen molar-refractivity contribution in [2.75, 3.05) is 23.8 Å². The molecule has 0 fully saturated rings. The van der Waals surface area contributed by atoms with Crippen LogP contribution in [0.25, 0.3) is 28.0 Å². The van der Waals surface area contributed by atoms with E-state index in [1.54, 1.807) is 41.5 Å². The Morgan fingerprint density at radius 2 is 1.79 bits per heavy atom. The summed E-state index contributed by atoms with van der Waals surface area (Å²) in [6, 6.07) is 14.4.